The molecule has 1 aliphatic heterocycles. The third-order valence-electron chi connectivity index (χ3n) is 3.71. The third kappa shape index (κ3) is 2.57. The molecule has 1 N–H and O–H groups in total. The highest BCUT2D eigenvalue weighted by molar-refractivity contribution is 5.77. The fourth-order valence-electron chi connectivity index (χ4n) is 2.57. The van der Waals surface area contributed by atoms with Crippen molar-refractivity contribution in [2.24, 2.45) is 0 Å². The summed E-state index contributed by atoms with van der Waals surface area (Å²) in [5.74, 6) is 1.06. The van der Waals surface area contributed by atoms with E-state index in [1.54, 1.807) is 0 Å². The van der Waals surface area contributed by atoms with Crippen LogP contribution >= 0.6 is 0 Å². The molecule has 0 aliphatic carbocycles. The summed E-state index contributed by atoms with van der Waals surface area (Å²) in [7, 11) is 0. The molecule has 1 aliphatic rings. The third-order valence-corrected chi connectivity index (χ3v) is 3.71. The summed E-state index contributed by atoms with van der Waals surface area (Å²) < 4.78 is 5.80. The first-order chi connectivity index (χ1) is 8.81. The van der Waals surface area contributed by atoms with E-state index in [1.807, 2.05) is 18.2 Å². The Kier molecular flexibility index (Phi) is 3.35. The van der Waals surface area contributed by atoms with E-state index in [2.05, 4.69) is 17.0 Å². The number of piperidine rings is 1. The molecule has 3 rings (SSSR count). The van der Waals surface area contributed by atoms with E-state index in [-0.39, 0.29) is 6.10 Å². The Morgan fingerprint density at radius 1 is 1.22 bits per heavy atom. The van der Waals surface area contributed by atoms with Gasteiger partial charge in [-0.15, -0.1) is 0 Å². The summed E-state index contributed by atoms with van der Waals surface area (Å²) in [6.07, 6.45) is 2.66. The first-order valence-electron chi connectivity index (χ1n) is 6.69. The monoisotopic (exact) mass is 245 g/mol. The number of likely N-dealkylation sites (tertiary alicyclic amines) is 1. The van der Waals surface area contributed by atoms with Gasteiger partial charge in [0.2, 0.25) is 0 Å². The first kappa shape index (κ1) is 11.8. The van der Waals surface area contributed by atoms with Gasteiger partial charge in [0.05, 0.1) is 6.10 Å². The van der Waals surface area contributed by atoms with Gasteiger partial charge in [0.1, 0.15) is 11.3 Å². The number of hydrogen-bond acceptors (Lipinski definition) is 3. The zero-order chi connectivity index (χ0) is 12.4. The van der Waals surface area contributed by atoms with Crippen molar-refractivity contribution in [2.45, 2.75) is 25.4 Å². The number of nitrogens with zero attached hydrogens (tertiary/aromatic N) is 1. The van der Waals surface area contributed by atoms with Crippen LogP contribution in [0.3, 0.4) is 0 Å². The van der Waals surface area contributed by atoms with Gasteiger partial charge in [-0.1, -0.05) is 18.2 Å². The molecule has 96 valence electrons. The largest absolute Gasteiger partial charge is 0.461 e. The fraction of sp³-hybridized carbons (Fsp3) is 0.467. The number of hydrogen-bond donors (Lipinski definition) is 1. The highest BCUT2D eigenvalue weighted by Crippen LogP contribution is 2.19. The maximum absolute atomic E-state index is 9.46. The molecular weight excluding hydrogens is 226 g/mol. The molecule has 0 amide bonds. The van der Waals surface area contributed by atoms with Gasteiger partial charge in [-0.05, 0) is 25.0 Å². The Labute approximate surface area is 107 Å². The van der Waals surface area contributed by atoms with Gasteiger partial charge in [-0.3, -0.25) is 0 Å². The van der Waals surface area contributed by atoms with E-state index in [9.17, 15) is 5.11 Å². The van der Waals surface area contributed by atoms with Crippen molar-refractivity contribution in [1.29, 1.82) is 0 Å². The summed E-state index contributed by atoms with van der Waals surface area (Å²) in [6, 6.07) is 10.3. The van der Waals surface area contributed by atoms with E-state index in [0.717, 1.165) is 50.2 Å². The van der Waals surface area contributed by atoms with Crippen LogP contribution in [0.15, 0.2) is 34.7 Å². The summed E-state index contributed by atoms with van der Waals surface area (Å²) >= 11 is 0. The number of aliphatic hydroxyl groups is 1. The lowest BCUT2D eigenvalue weighted by atomic mass is 10.1. The molecule has 0 radical (unpaired) electrons. The van der Waals surface area contributed by atoms with Crippen LogP contribution in [0.5, 0.6) is 0 Å². The number of rotatable bonds is 3. The number of furan rings is 1. The van der Waals surface area contributed by atoms with Crippen LogP contribution in [-0.2, 0) is 6.42 Å². The highest BCUT2D eigenvalue weighted by Gasteiger charge is 2.16. The van der Waals surface area contributed by atoms with Crippen molar-refractivity contribution in [3.8, 4) is 0 Å². The lowest BCUT2D eigenvalue weighted by Crippen LogP contribution is -2.36. The SMILES string of the molecule is OC1CCN(CCc2cc3ccccc3o2)CC1. The first-order valence-corrected chi connectivity index (χ1v) is 6.69. The lowest BCUT2D eigenvalue weighted by Gasteiger charge is -2.29. The second-order valence-corrected chi connectivity index (χ2v) is 5.07. The molecule has 0 atom stereocenters. The molecule has 3 heteroatoms. The number of aliphatic hydroxyl groups excluding tert-OH is 1. The predicted molar refractivity (Wildman–Crippen MR) is 71.6 cm³/mol. The Bertz CT molecular complexity index is 479. The summed E-state index contributed by atoms with van der Waals surface area (Å²) in [5.41, 5.74) is 0.974. The summed E-state index contributed by atoms with van der Waals surface area (Å²) in [4.78, 5) is 2.40. The lowest BCUT2D eigenvalue weighted by molar-refractivity contribution is 0.0826. The Hall–Kier alpha value is -1.32. The standard InChI is InChI=1S/C15H19NO2/c17-13-5-8-16(9-6-13)10-7-14-11-12-3-1-2-4-15(12)18-14/h1-4,11,13,17H,5-10H2. The number of benzene rings is 1. The molecular formula is C15H19NO2. The summed E-state index contributed by atoms with van der Waals surface area (Å²) in [5, 5.41) is 10.6. The Morgan fingerprint density at radius 3 is 2.78 bits per heavy atom. The van der Waals surface area contributed by atoms with Gasteiger partial charge in [0.25, 0.3) is 0 Å². The molecule has 1 fully saturated rings. The predicted octanol–water partition coefficient (Wildman–Crippen LogP) is 2.43. The van der Waals surface area contributed by atoms with Gasteiger partial charge < -0.3 is 14.4 Å². The molecule has 2 aromatic rings. The Morgan fingerprint density at radius 2 is 2.00 bits per heavy atom. The van der Waals surface area contributed by atoms with Crippen molar-refractivity contribution in [1.82, 2.24) is 4.90 Å². The van der Waals surface area contributed by atoms with Gasteiger partial charge >= 0.3 is 0 Å². The van der Waals surface area contributed by atoms with Gasteiger partial charge in [0, 0.05) is 31.4 Å². The van der Waals surface area contributed by atoms with E-state index in [0.29, 0.717) is 0 Å². The quantitative estimate of drug-likeness (QED) is 0.902. The van der Waals surface area contributed by atoms with Crippen molar-refractivity contribution in [3.63, 3.8) is 0 Å². The van der Waals surface area contributed by atoms with E-state index in [4.69, 9.17) is 4.42 Å². The van der Waals surface area contributed by atoms with Crippen LogP contribution in [0.25, 0.3) is 11.0 Å². The topological polar surface area (TPSA) is 36.6 Å². The normalized spacial score (nSPS) is 18.5. The van der Waals surface area contributed by atoms with E-state index < -0.39 is 0 Å². The second-order valence-electron chi connectivity index (χ2n) is 5.07. The molecule has 0 unspecified atom stereocenters. The second kappa shape index (κ2) is 5.12. The molecule has 0 bridgehead atoms. The molecule has 1 aromatic heterocycles. The molecule has 1 saturated heterocycles. The zero-order valence-corrected chi connectivity index (χ0v) is 10.5. The van der Waals surface area contributed by atoms with E-state index >= 15 is 0 Å². The Balaban J connectivity index is 1.59. The van der Waals surface area contributed by atoms with Crippen LogP contribution in [0.1, 0.15) is 18.6 Å². The minimum absolute atomic E-state index is 0.0903. The molecule has 1 aromatic carbocycles. The average molecular weight is 245 g/mol. The highest BCUT2D eigenvalue weighted by atomic mass is 16.3. The van der Waals surface area contributed by atoms with Gasteiger partial charge in [-0.25, -0.2) is 0 Å². The van der Waals surface area contributed by atoms with Crippen molar-refractivity contribution < 1.29 is 9.52 Å². The number of para-hydroxylation sites is 1. The maximum atomic E-state index is 9.46. The smallest absolute Gasteiger partial charge is 0.134 e. The zero-order valence-electron chi connectivity index (χ0n) is 10.5. The minimum Gasteiger partial charge on any atom is -0.461 e. The van der Waals surface area contributed by atoms with Crippen molar-refractivity contribution >= 4 is 11.0 Å². The molecule has 18 heavy (non-hydrogen) atoms. The van der Waals surface area contributed by atoms with Crippen molar-refractivity contribution in [3.05, 3.63) is 36.1 Å². The van der Waals surface area contributed by atoms with Crippen LogP contribution in [0.2, 0.25) is 0 Å². The van der Waals surface area contributed by atoms with Gasteiger partial charge in [0.15, 0.2) is 0 Å². The fourth-order valence-corrected chi connectivity index (χ4v) is 2.57. The van der Waals surface area contributed by atoms with Crippen LogP contribution in [0.4, 0.5) is 0 Å². The van der Waals surface area contributed by atoms with Crippen molar-refractivity contribution in [2.75, 3.05) is 19.6 Å². The molecule has 3 nitrogen and oxygen atoms in total. The molecule has 2 heterocycles. The van der Waals surface area contributed by atoms with Crippen LogP contribution in [0, 0.1) is 0 Å². The van der Waals surface area contributed by atoms with Crippen LogP contribution in [-0.4, -0.2) is 35.7 Å². The maximum Gasteiger partial charge on any atom is 0.134 e. The molecule has 0 spiro atoms. The number of fused-ring (bicyclic) bond motifs is 1. The summed E-state index contributed by atoms with van der Waals surface area (Å²) in [6.45, 7) is 3.02. The van der Waals surface area contributed by atoms with Gasteiger partial charge in [-0.2, -0.15) is 0 Å². The van der Waals surface area contributed by atoms with E-state index in [1.165, 1.54) is 5.39 Å². The molecule has 0 saturated carbocycles. The van der Waals surface area contributed by atoms with Crippen LogP contribution < -0.4 is 0 Å². The minimum atomic E-state index is -0.0903. The average Bonchev–Trinajstić information content (AvgIpc) is 2.81.